The van der Waals surface area contributed by atoms with Gasteiger partial charge in [-0.2, -0.15) is 13.2 Å². The van der Waals surface area contributed by atoms with Crippen molar-refractivity contribution in [2.75, 3.05) is 25.5 Å². The molecule has 1 heterocycles. The average Bonchev–Trinajstić information content (AvgIpc) is 2.63. The summed E-state index contributed by atoms with van der Waals surface area (Å²) in [5.41, 5.74) is -0.894. The van der Waals surface area contributed by atoms with E-state index >= 15 is 0 Å². The van der Waals surface area contributed by atoms with Crippen molar-refractivity contribution in [1.82, 2.24) is 10.3 Å². The second-order valence-electron chi connectivity index (χ2n) is 5.52. The Morgan fingerprint density at radius 3 is 2.46 bits per heavy atom. The fourth-order valence-corrected chi connectivity index (χ4v) is 2.71. The quantitative estimate of drug-likeness (QED) is 0.587. The first kappa shape index (κ1) is 21.4. The normalized spacial score (nSPS) is 11.8. The van der Waals surface area contributed by atoms with E-state index in [0.717, 1.165) is 12.1 Å². The third-order valence-electron chi connectivity index (χ3n) is 3.55. The maximum atomic E-state index is 12.5. The fraction of sp³-hybridized carbons (Fsp3) is 0.250. The molecule has 4 N–H and O–H groups in total. The summed E-state index contributed by atoms with van der Waals surface area (Å²) < 4.78 is 65.3. The Morgan fingerprint density at radius 1 is 1.21 bits per heavy atom. The summed E-state index contributed by atoms with van der Waals surface area (Å²) >= 11 is 0. The van der Waals surface area contributed by atoms with Gasteiger partial charge in [0.25, 0.3) is 5.91 Å². The molecule has 0 spiro atoms. The van der Waals surface area contributed by atoms with Gasteiger partial charge in [-0.1, -0.05) is 0 Å². The number of amides is 1. The molecule has 1 aromatic carbocycles. The van der Waals surface area contributed by atoms with Crippen LogP contribution in [0.4, 0.5) is 19.0 Å². The van der Waals surface area contributed by atoms with Gasteiger partial charge in [0.2, 0.25) is 10.0 Å². The van der Waals surface area contributed by atoms with E-state index in [2.05, 4.69) is 15.6 Å². The summed E-state index contributed by atoms with van der Waals surface area (Å²) in [6.45, 7) is 0.256. The topological polar surface area (TPSA) is 123 Å². The minimum absolute atomic E-state index is 0.0262. The molecule has 28 heavy (non-hydrogen) atoms. The van der Waals surface area contributed by atoms with Crippen molar-refractivity contribution < 1.29 is 31.1 Å². The molecule has 2 aromatic rings. The lowest BCUT2D eigenvalue weighted by Crippen LogP contribution is -2.29. The highest BCUT2D eigenvalue weighted by Gasteiger charge is 2.30. The van der Waals surface area contributed by atoms with Crippen molar-refractivity contribution in [2.45, 2.75) is 11.1 Å². The van der Waals surface area contributed by atoms with Gasteiger partial charge < -0.3 is 15.4 Å². The van der Waals surface area contributed by atoms with E-state index in [0.29, 0.717) is 6.20 Å². The smallest absolute Gasteiger partial charge is 0.417 e. The molecule has 0 fully saturated rings. The van der Waals surface area contributed by atoms with Crippen LogP contribution in [0.5, 0.6) is 5.75 Å². The molecule has 0 unspecified atom stereocenters. The Hall–Kier alpha value is -2.86. The van der Waals surface area contributed by atoms with Crippen molar-refractivity contribution in [1.29, 1.82) is 0 Å². The zero-order valence-corrected chi connectivity index (χ0v) is 15.4. The molecule has 0 radical (unpaired) electrons. The molecule has 0 saturated carbocycles. The Bertz CT molecular complexity index is 947. The number of carbonyl (C=O) groups excluding carboxylic acids is 1. The number of nitrogens with zero attached hydrogens (tertiary/aromatic N) is 1. The van der Waals surface area contributed by atoms with Crippen LogP contribution in [-0.2, 0) is 16.2 Å². The number of sulfonamides is 1. The summed E-state index contributed by atoms with van der Waals surface area (Å²) in [6, 6.07) is 5.66. The lowest BCUT2D eigenvalue weighted by atomic mass is 10.2. The van der Waals surface area contributed by atoms with E-state index in [9.17, 15) is 26.4 Å². The van der Waals surface area contributed by atoms with Crippen LogP contribution in [0.3, 0.4) is 0 Å². The standard InChI is InChI=1S/C16H17F3N4O4S/c1-27-13-4-3-11(28(20,25)26)8-12(13)15(24)22-7-6-21-14-5-2-10(9-23-14)16(17,18)19/h2-5,8-9H,6-7H2,1H3,(H,21,23)(H,22,24)(H2,20,25,26). The van der Waals surface area contributed by atoms with Crippen molar-refractivity contribution in [3.05, 3.63) is 47.7 Å². The number of anilines is 1. The number of alkyl halides is 3. The molecule has 0 bridgehead atoms. The van der Waals surface area contributed by atoms with Crippen molar-refractivity contribution >= 4 is 21.7 Å². The number of primary sulfonamides is 1. The van der Waals surface area contributed by atoms with Gasteiger partial charge in [0, 0.05) is 19.3 Å². The number of halogens is 3. The number of nitrogens with two attached hydrogens (primary N) is 1. The Labute approximate surface area is 159 Å². The molecule has 1 amide bonds. The highest BCUT2D eigenvalue weighted by Crippen LogP contribution is 2.28. The van der Waals surface area contributed by atoms with Gasteiger partial charge in [-0.25, -0.2) is 18.5 Å². The summed E-state index contributed by atoms with van der Waals surface area (Å²) in [4.78, 5) is 15.7. The van der Waals surface area contributed by atoms with E-state index in [1.165, 1.54) is 25.3 Å². The van der Waals surface area contributed by atoms with Crippen LogP contribution in [0.1, 0.15) is 15.9 Å². The lowest BCUT2D eigenvalue weighted by Gasteiger charge is -2.12. The number of pyridine rings is 1. The average molecular weight is 418 g/mol. The molecule has 0 saturated heterocycles. The molecule has 0 aliphatic carbocycles. The number of hydrogen-bond donors (Lipinski definition) is 3. The van der Waals surface area contributed by atoms with Gasteiger partial charge in [-0.05, 0) is 30.3 Å². The first-order valence-corrected chi connectivity index (χ1v) is 9.33. The third-order valence-corrected chi connectivity index (χ3v) is 4.46. The zero-order valence-electron chi connectivity index (χ0n) is 14.6. The number of aromatic nitrogens is 1. The third kappa shape index (κ3) is 5.57. The number of carbonyl (C=O) groups is 1. The van der Waals surface area contributed by atoms with Crippen LogP contribution in [0.15, 0.2) is 41.4 Å². The van der Waals surface area contributed by atoms with Crippen LogP contribution >= 0.6 is 0 Å². The summed E-state index contributed by atoms with van der Waals surface area (Å²) in [7, 11) is -2.68. The summed E-state index contributed by atoms with van der Waals surface area (Å²) in [5.74, 6) is -0.247. The van der Waals surface area contributed by atoms with E-state index < -0.39 is 27.7 Å². The van der Waals surface area contributed by atoms with Gasteiger partial charge in [-0.15, -0.1) is 0 Å². The molecular weight excluding hydrogens is 401 g/mol. The SMILES string of the molecule is COc1ccc(S(N)(=O)=O)cc1C(=O)NCCNc1ccc(C(F)(F)F)cn1. The van der Waals surface area contributed by atoms with Crippen molar-refractivity contribution in [3.8, 4) is 5.75 Å². The van der Waals surface area contributed by atoms with Gasteiger partial charge in [0.15, 0.2) is 0 Å². The number of rotatable bonds is 7. The molecular formula is C16H17F3N4O4S. The first-order chi connectivity index (χ1) is 13.0. The molecule has 152 valence electrons. The second-order valence-corrected chi connectivity index (χ2v) is 7.08. The van der Waals surface area contributed by atoms with Crippen LogP contribution in [0, 0.1) is 0 Å². The molecule has 1 aromatic heterocycles. The van der Waals surface area contributed by atoms with Crippen LogP contribution in [0.2, 0.25) is 0 Å². The number of ether oxygens (including phenoxy) is 1. The predicted molar refractivity (Wildman–Crippen MR) is 94.4 cm³/mol. The van der Waals surface area contributed by atoms with Crippen LogP contribution < -0.4 is 20.5 Å². The number of nitrogens with one attached hydrogen (secondary N) is 2. The highest BCUT2D eigenvalue weighted by molar-refractivity contribution is 7.89. The highest BCUT2D eigenvalue weighted by atomic mass is 32.2. The number of methoxy groups -OCH3 is 1. The number of hydrogen-bond acceptors (Lipinski definition) is 6. The molecule has 12 heteroatoms. The summed E-state index contributed by atoms with van der Waals surface area (Å²) in [6.07, 6.45) is -3.77. The van der Waals surface area contributed by atoms with Gasteiger partial charge in [0.1, 0.15) is 11.6 Å². The van der Waals surface area contributed by atoms with Crippen LogP contribution in [-0.4, -0.2) is 39.5 Å². The second kappa shape index (κ2) is 8.44. The molecule has 2 rings (SSSR count). The summed E-state index contributed by atoms with van der Waals surface area (Å²) in [5, 5.41) is 10.3. The monoisotopic (exact) mass is 418 g/mol. The molecule has 0 aliphatic heterocycles. The van der Waals surface area contributed by atoms with E-state index in [1.54, 1.807) is 0 Å². The lowest BCUT2D eigenvalue weighted by molar-refractivity contribution is -0.137. The fourth-order valence-electron chi connectivity index (χ4n) is 2.17. The van der Waals surface area contributed by atoms with E-state index in [4.69, 9.17) is 9.88 Å². The molecule has 8 nitrogen and oxygen atoms in total. The van der Waals surface area contributed by atoms with E-state index in [1.807, 2.05) is 0 Å². The maximum Gasteiger partial charge on any atom is 0.417 e. The van der Waals surface area contributed by atoms with Crippen molar-refractivity contribution in [2.24, 2.45) is 5.14 Å². The van der Waals surface area contributed by atoms with Gasteiger partial charge in [-0.3, -0.25) is 4.79 Å². The van der Waals surface area contributed by atoms with Crippen molar-refractivity contribution in [3.63, 3.8) is 0 Å². The predicted octanol–water partition coefficient (Wildman–Crippen LogP) is 1.60. The minimum atomic E-state index is -4.47. The van der Waals surface area contributed by atoms with Gasteiger partial charge >= 0.3 is 6.18 Å². The minimum Gasteiger partial charge on any atom is -0.496 e. The van der Waals surface area contributed by atoms with E-state index in [-0.39, 0.29) is 35.1 Å². The Morgan fingerprint density at radius 2 is 1.93 bits per heavy atom. The maximum absolute atomic E-state index is 12.5. The Balaban J connectivity index is 1.95. The largest absolute Gasteiger partial charge is 0.496 e. The first-order valence-electron chi connectivity index (χ1n) is 7.78. The molecule has 0 aliphatic rings. The molecule has 0 atom stereocenters. The number of benzene rings is 1. The zero-order chi connectivity index (χ0) is 20.9. The van der Waals surface area contributed by atoms with Crippen LogP contribution in [0.25, 0.3) is 0 Å². The Kier molecular flexibility index (Phi) is 6.46. The van der Waals surface area contributed by atoms with Gasteiger partial charge in [0.05, 0.1) is 23.1 Å².